The highest BCUT2D eigenvalue weighted by atomic mass is 19.1. The van der Waals surface area contributed by atoms with Crippen LogP contribution in [0.2, 0.25) is 0 Å². The van der Waals surface area contributed by atoms with E-state index in [1.807, 2.05) is 0 Å². The smallest absolute Gasteiger partial charge is 0.269 e. The van der Waals surface area contributed by atoms with Crippen LogP contribution in [0.5, 0.6) is 11.5 Å². The number of carbonyl (C=O) groups is 1. The normalized spacial score (nSPS) is 11.9. The standard InChI is InChI=1S/C16H13FN2O3/c1-10(12-4-2-3-5-13(12)17)18-19-16(20)11-6-7-14-15(8-11)22-9-21-14/h2-8,18H,1,9H2,(H,19,20). The maximum absolute atomic E-state index is 13.6. The molecule has 1 aliphatic heterocycles. The molecule has 22 heavy (non-hydrogen) atoms. The molecule has 0 radical (unpaired) electrons. The molecule has 1 heterocycles. The summed E-state index contributed by atoms with van der Waals surface area (Å²) in [5, 5.41) is 0. The Bertz CT molecular complexity index is 746. The lowest BCUT2D eigenvalue weighted by molar-refractivity contribution is 0.0942. The Balaban J connectivity index is 1.65. The Kier molecular flexibility index (Phi) is 3.65. The van der Waals surface area contributed by atoms with E-state index in [4.69, 9.17) is 9.47 Å². The van der Waals surface area contributed by atoms with Crippen molar-refractivity contribution < 1.29 is 18.7 Å². The lowest BCUT2D eigenvalue weighted by Gasteiger charge is -2.12. The summed E-state index contributed by atoms with van der Waals surface area (Å²) in [4.78, 5) is 12.1. The first kappa shape index (κ1) is 13.9. The van der Waals surface area contributed by atoms with Crippen LogP contribution in [0.15, 0.2) is 49.0 Å². The van der Waals surface area contributed by atoms with Gasteiger partial charge in [0.2, 0.25) is 6.79 Å². The van der Waals surface area contributed by atoms with Crippen LogP contribution in [0, 0.1) is 5.82 Å². The molecule has 0 fully saturated rings. The molecule has 1 aliphatic rings. The number of carbonyl (C=O) groups excluding carboxylic acids is 1. The fourth-order valence-electron chi connectivity index (χ4n) is 2.02. The highest BCUT2D eigenvalue weighted by Crippen LogP contribution is 2.32. The minimum atomic E-state index is -0.419. The van der Waals surface area contributed by atoms with Gasteiger partial charge in [0.1, 0.15) is 5.82 Å². The zero-order chi connectivity index (χ0) is 15.5. The van der Waals surface area contributed by atoms with E-state index in [0.717, 1.165) is 0 Å². The maximum atomic E-state index is 13.6. The third-order valence-electron chi connectivity index (χ3n) is 3.16. The summed E-state index contributed by atoms with van der Waals surface area (Å²) in [6, 6.07) is 11.0. The Labute approximate surface area is 126 Å². The van der Waals surface area contributed by atoms with Crippen LogP contribution >= 0.6 is 0 Å². The molecule has 112 valence electrons. The first-order valence-electron chi connectivity index (χ1n) is 6.55. The van der Waals surface area contributed by atoms with E-state index >= 15 is 0 Å². The van der Waals surface area contributed by atoms with Gasteiger partial charge in [0.25, 0.3) is 5.91 Å². The lowest BCUT2D eigenvalue weighted by Crippen LogP contribution is -2.36. The van der Waals surface area contributed by atoms with E-state index in [1.54, 1.807) is 36.4 Å². The van der Waals surface area contributed by atoms with Crippen LogP contribution in [-0.2, 0) is 0 Å². The Morgan fingerprint density at radius 3 is 2.68 bits per heavy atom. The summed E-state index contributed by atoms with van der Waals surface area (Å²) < 4.78 is 24.0. The molecule has 0 aromatic heterocycles. The van der Waals surface area contributed by atoms with Gasteiger partial charge in [-0.2, -0.15) is 0 Å². The average Bonchev–Trinajstić information content (AvgIpc) is 3.00. The van der Waals surface area contributed by atoms with Crippen molar-refractivity contribution in [3.8, 4) is 11.5 Å². The highest BCUT2D eigenvalue weighted by Gasteiger charge is 2.16. The molecule has 0 saturated heterocycles. The van der Waals surface area contributed by atoms with Crippen molar-refractivity contribution in [2.75, 3.05) is 6.79 Å². The molecule has 1 amide bonds. The predicted molar refractivity (Wildman–Crippen MR) is 78.6 cm³/mol. The predicted octanol–water partition coefficient (Wildman–Crippen LogP) is 2.46. The number of hydrogen-bond acceptors (Lipinski definition) is 4. The van der Waals surface area contributed by atoms with Gasteiger partial charge in [-0.1, -0.05) is 18.7 Å². The SMILES string of the molecule is C=C(NNC(=O)c1ccc2c(c1)OCO2)c1ccccc1F. The van der Waals surface area contributed by atoms with Gasteiger partial charge in [0.05, 0.1) is 5.70 Å². The molecule has 6 heteroatoms. The maximum Gasteiger partial charge on any atom is 0.269 e. The van der Waals surface area contributed by atoms with Gasteiger partial charge in [0, 0.05) is 11.1 Å². The Morgan fingerprint density at radius 2 is 1.86 bits per heavy atom. The summed E-state index contributed by atoms with van der Waals surface area (Å²) in [7, 11) is 0. The monoisotopic (exact) mass is 300 g/mol. The van der Waals surface area contributed by atoms with E-state index in [9.17, 15) is 9.18 Å². The Morgan fingerprint density at radius 1 is 1.09 bits per heavy atom. The summed E-state index contributed by atoms with van der Waals surface area (Å²) in [5.74, 6) is 0.300. The van der Waals surface area contributed by atoms with Gasteiger partial charge in [-0.25, -0.2) is 4.39 Å². The van der Waals surface area contributed by atoms with E-state index in [-0.39, 0.29) is 18.1 Å². The number of hydrazine groups is 1. The van der Waals surface area contributed by atoms with Crippen LogP contribution in [-0.4, -0.2) is 12.7 Å². The van der Waals surface area contributed by atoms with Crippen molar-refractivity contribution in [1.82, 2.24) is 10.9 Å². The second kappa shape index (κ2) is 5.77. The van der Waals surface area contributed by atoms with Crippen molar-refractivity contribution in [3.05, 3.63) is 66.0 Å². The number of rotatable bonds is 4. The molecule has 2 N–H and O–H groups in total. The number of fused-ring (bicyclic) bond motifs is 1. The van der Waals surface area contributed by atoms with Gasteiger partial charge in [-0.05, 0) is 30.3 Å². The third-order valence-corrected chi connectivity index (χ3v) is 3.16. The van der Waals surface area contributed by atoms with Gasteiger partial charge in [-0.3, -0.25) is 15.6 Å². The average molecular weight is 300 g/mol. The number of hydrogen-bond donors (Lipinski definition) is 2. The van der Waals surface area contributed by atoms with Gasteiger partial charge in [0.15, 0.2) is 11.5 Å². The largest absolute Gasteiger partial charge is 0.454 e. The van der Waals surface area contributed by atoms with E-state index in [2.05, 4.69) is 17.4 Å². The van der Waals surface area contributed by atoms with E-state index < -0.39 is 11.7 Å². The highest BCUT2D eigenvalue weighted by molar-refractivity contribution is 5.95. The third kappa shape index (κ3) is 2.71. The summed E-state index contributed by atoms with van der Waals surface area (Å²) in [6.45, 7) is 3.84. The summed E-state index contributed by atoms with van der Waals surface area (Å²) in [5.41, 5.74) is 5.99. The van der Waals surface area contributed by atoms with Gasteiger partial charge >= 0.3 is 0 Å². The molecule has 0 bridgehead atoms. The fourth-order valence-corrected chi connectivity index (χ4v) is 2.02. The van der Waals surface area contributed by atoms with Crippen LogP contribution in [0.4, 0.5) is 4.39 Å². The first-order chi connectivity index (χ1) is 10.6. The number of halogens is 1. The van der Waals surface area contributed by atoms with Crippen LogP contribution in [0.25, 0.3) is 5.70 Å². The molecular formula is C16H13FN2O3. The van der Waals surface area contributed by atoms with Crippen molar-refractivity contribution in [3.63, 3.8) is 0 Å². The Hall–Kier alpha value is -3.02. The zero-order valence-electron chi connectivity index (χ0n) is 11.6. The van der Waals surface area contributed by atoms with Crippen molar-refractivity contribution in [1.29, 1.82) is 0 Å². The quantitative estimate of drug-likeness (QED) is 0.852. The number of ether oxygens (including phenoxy) is 2. The minimum absolute atomic E-state index is 0.142. The van der Waals surface area contributed by atoms with Crippen molar-refractivity contribution in [2.45, 2.75) is 0 Å². The zero-order valence-corrected chi connectivity index (χ0v) is 11.6. The first-order valence-corrected chi connectivity index (χ1v) is 6.55. The molecule has 0 unspecified atom stereocenters. The topological polar surface area (TPSA) is 59.6 Å². The van der Waals surface area contributed by atoms with Crippen molar-refractivity contribution >= 4 is 11.6 Å². The van der Waals surface area contributed by atoms with Crippen LogP contribution in [0.3, 0.4) is 0 Å². The summed E-state index contributed by atoms with van der Waals surface area (Å²) in [6.07, 6.45) is 0. The summed E-state index contributed by atoms with van der Waals surface area (Å²) >= 11 is 0. The number of amides is 1. The van der Waals surface area contributed by atoms with E-state index in [1.165, 1.54) is 6.07 Å². The molecule has 2 aromatic rings. The van der Waals surface area contributed by atoms with Gasteiger partial charge in [-0.15, -0.1) is 0 Å². The van der Waals surface area contributed by atoms with E-state index in [0.29, 0.717) is 17.1 Å². The second-order valence-electron chi connectivity index (χ2n) is 4.61. The number of benzene rings is 2. The lowest BCUT2D eigenvalue weighted by atomic mass is 10.1. The molecule has 5 nitrogen and oxygen atoms in total. The molecule has 2 aromatic carbocycles. The molecule has 0 aliphatic carbocycles. The van der Waals surface area contributed by atoms with Crippen LogP contribution < -0.4 is 20.3 Å². The molecular weight excluding hydrogens is 287 g/mol. The molecule has 0 spiro atoms. The number of nitrogens with one attached hydrogen (secondary N) is 2. The van der Waals surface area contributed by atoms with Crippen LogP contribution in [0.1, 0.15) is 15.9 Å². The second-order valence-corrected chi connectivity index (χ2v) is 4.61. The fraction of sp³-hybridized carbons (Fsp3) is 0.0625. The molecule has 3 rings (SSSR count). The molecule has 0 saturated carbocycles. The molecule has 0 atom stereocenters. The van der Waals surface area contributed by atoms with Crippen molar-refractivity contribution in [2.24, 2.45) is 0 Å². The van der Waals surface area contributed by atoms with Gasteiger partial charge < -0.3 is 9.47 Å². The minimum Gasteiger partial charge on any atom is -0.454 e.